The molecule has 0 saturated heterocycles. The standard InChI is InChI=1S/C25H17F2NO10/c26-14-4-12-19(6-17(14)29)38-20-7-18(30)15(27)5-13(20)25(12)11-1-2-16(21(3-11)37-10-24(35)36)28(8-22(31)32)9-23(33)34/h1-7,29H,8-10H2,(H,31,32)(H,33,34)(H,35,36). The minimum absolute atomic E-state index is 0.0181. The van der Waals surface area contributed by atoms with Crippen molar-refractivity contribution in [3.8, 4) is 33.9 Å². The Bertz CT molecular complexity index is 1620. The molecule has 196 valence electrons. The Balaban J connectivity index is 2.02. The molecule has 1 aliphatic heterocycles. The predicted octanol–water partition coefficient (Wildman–Crippen LogP) is 2.99. The zero-order valence-electron chi connectivity index (χ0n) is 19.1. The number of benzene rings is 3. The van der Waals surface area contributed by atoms with Crippen molar-refractivity contribution in [3.63, 3.8) is 0 Å². The molecule has 0 fully saturated rings. The molecule has 0 spiro atoms. The van der Waals surface area contributed by atoms with E-state index in [9.17, 15) is 43.3 Å². The van der Waals surface area contributed by atoms with E-state index in [0.29, 0.717) is 0 Å². The van der Waals surface area contributed by atoms with Crippen LogP contribution in [0.1, 0.15) is 0 Å². The summed E-state index contributed by atoms with van der Waals surface area (Å²) in [7, 11) is 0. The second-order valence-electron chi connectivity index (χ2n) is 8.06. The number of aromatic hydroxyl groups is 1. The van der Waals surface area contributed by atoms with Gasteiger partial charge in [-0.1, -0.05) is 6.07 Å². The van der Waals surface area contributed by atoms with Gasteiger partial charge in [0.15, 0.2) is 24.0 Å². The number of aliphatic carboxylic acids is 3. The Morgan fingerprint density at radius 3 is 2.21 bits per heavy atom. The lowest BCUT2D eigenvalue weighted by Crippen LogP contribution is -2.34. The van der Waals surface area contributed by atoms with Gasteiger partial charge >= 0.3 is 17.9 Å². The molecule has 0 saturated carbocycles. The SMILES string of the molecule is O=C(O)COc1cc(-c2c3cc(F)c(=O)cc-3oc3cc(O)c(F)cc23)ccc1N(CC(=O)O)CC(=O)O. The summed E-state index contributed by atoms with van der Waals surface area (Å²) in [5, 5.41) is 37.4. The molecule has 4 N–H and O–H groups in total. The number of carboxylic acids is 3. The van der Waals surface area contributed by atoms with E-state index in [2.05, 4.69) is 0 Å². The van der Waals surface area contributed by atoms with E-state index >= 15 is 0 Å². The van der Waals surface area contributed by atoms with Gasteiger partial charge in [0.25, 0.3) is 0 Å². The molecule has 13 heteroatoms. The van der Waals surface area contributed by atoms with Gasteiger partial charge in [0, 0.05) is 28.6 Å². The fraction of sp³-hybridized carbons (Fsp3) is 0.120. The lowest BCUT2D eigenvalue weighted by Gasteiger charge is -2.24. The van der Waals surface area contributed by atoms with Crippen molar-refractivity contribution in [1.29, 1.82) is 0 Å². The lowest BCUT2D eigenvalue weighted by molar-refractivity contribution is -0.140. The van der Waals surface area contributed by atoms with Gasteiger partial charge in [-0.3, -0.25) is 14.4 Å². The average molecular weight is 529 g/mol. The summed E-state index contributed by atoms with van der Waals surface area (Å²) < 4.78 is 39.6. The van der Waals surface area contributed by atoms with Gasteiger partial charge < -0.3 is 34.5 Å². The number of rotatable bonds is 9. The van der Waals surface area contributed by atoms with E-state index in [1.165, 1.54) is 18.2 Å². The van der Waals surface area contributed by atoms with Crippen molar-refractivity contribution in [1.82, 2.24) is 0 Å². The van der Waals surface area contributed by atoms with Crippen LogP contribution in [0.4, 0.5) is 14.5 Å². The summed E-state index contributed by atoms with van der Waals surface area (Å²) in [6, 6.07) is 7.46. The van der Waals surface area contributed by atoms with E-state index < -0.39 is 60.4 Å². The second kappa shape index (κ2) is 10.0. The Hall–Kier alpha value is -5.20. The zero-order chi connectivity index (χ0) is 27.7. The van der Waals surface area contributed by atoms with Crippen molar-refractivity contribution >= 4 is 34.6 Å². The summed E-state index contributed by atoms with van der Waals surface area (Å²) in [4.78, 5) is 46.7. The fourth-order valence-electron chi connectivity index (χ4n) is 3.95. The third kappa shape index (κ3) is 5.16. The van der Waals surface area contributed by atoms with Crippen molar-refractivity contribution in [2.24, 2.45) is 0 Å². The number of nitrogens with zero attached hydrogens (tertiary/aromatic N) is 1. The minimum atomic E-state index is -1.39. The van der Waals surface area contributed by atoms with Gasteiger partial charge in [0.2, 0.25) is 5.43 Å². The molecular formula is C25H17F2NO10. The number of phenolic OH excluding ortho intramolecular Hbond substituents is 1. The molecule has 2 aromatic rings. The third-order valence-corrected chi connectivity index (χ3v) is 5.43. The van der Waals surface area contributed by atoms with Gasteiger partial charge in [-0.2, -0.15) is 0 Å². The number of anilines is 1. The van der Waals surface area contributed by atoms with Gasteiger partial charge in [-0.05, 0) is 29.8 Å². The highest BCUT2D eigenvalue weighted by atomic mass is 19.1. The van der Waals surface area contributed by atoms with Gasteiger partial charge in [-0.25, -0.2) is 13.6 Å². The molecule has 4 rings (SSSR count). The molecule has 38 heavy (non-hydrogen) atoms. The highest BCUT2D eigenvalue weighted by molar-refractivity contribution is 6.02. The predicted molar refractivity (Wildman–Crippen MR) is 127 cm³/mol. The molecule has 0 amide bonds. The van der Waals surface area contributed by atoms with E-state index in [1.54, 1.807) is 0 Å². The highest BCUT2D eigenvalue weighted by Gasteiger charge is 2.24. The van der Waals surface area contributed by atoms with Crippen molar-refractivity contribution in [2.75, 3.05) is 24.6 Å². The van der Waals surface area contributed by atoms with Crippen LogP contribution in [0.3, 0.4) is 0 Å². The summed E-state index contributed by atoms with van der Waals surface area (Å²) in [5.41, 5.74) is -0.859. The lowest BCUT2D eigenvalue weighted by atomic mass is 9.93. The summed E-state index contributed by atoms with van der Waals surface area (Å²) in [5.74, 6) is -7.42. The van der Waals surface area contributed by atoms with E-state index in [-0.39, 0.29) is 44.9 Å². The van der Waals surface area contributed by atoms with Crippen LogP contribution in [0.25, 0.3) is 33.4 Å². The number of phenols is 1. The van der Waals surface area contributed by atoms with Crippen LogP contribution in [0, 0.1) is 11.6 Å². The monoisotopic (exact) mass is 529 g/mol. The summed E-state index contributed by atoms with van der Waals surface area (Å²) in [6.45, 7) is -2.42. The van der Waals surface area contributed by atoms with E-state index in [0.717, 1.165) is 29.2 Å². The van der Waals surface area contributed by atoms with Crippen LogP contribution in [0.15, 0.2) is 51.7 Å². The minimum Gasteiger partial charge on any atom is -0.505 e. The third-order valence-electron chi connectivity index (χ3n) is 5.43. The first-order chi connectivity index (χ1) is 17.9. The van der Waals surface area contributed by atoms with E-state index in [1.807, 2.05) is 0 Å². The maximum absolute atomic E-state index is 14.4. The number of carboxylic acid groups (broad SMARTS) is 3. The molecule has 0 aromatic heterocycles. The zero-order valence-corrected chi connectivity index (χ0v) is 19.1. The van der Waals surface area contributed by atoms with Crippen molar-refractivity contribution in [3.05, 3.63) is 64.3 Å². The largest absolute Gasteiger partial charge is 0.505 e. The van der Waals surface area contributed by atoms with Crippen LogP contribution in [0.2, 0.25) is 0 Å². The summed E-state index contributed by atoms with van der Waals surface area (Å²) in [6.07, 6.45) is 0. The molecular weight excluding hydrogens is 512 g/mol. The van der Waals surface area contributed by atoms with Crippen molar-refractivity contribution in [2.45, 2.75) is 0 Å². The number of ether oxygens (including phenoxy) is 1. The van der Waals surface area contributed by atoms with Crippen LogP contribution < -0.4 is 15.1 Å². The first kappa shape index (κ1) is 25.9. The topological polar surface area (TPSA) is 175 Å². The maximum atomic E-state index is 14.4. The molecule has 11 nitrogen and oxygen atoms in total. The summed E-state index contributed by atoms with van der Waals surface area (Å²) >= 11 is 0. The van der Waals surface area contributed by atoms with Gasteiger partial charge in [-0.15, -0.1) is 0 Å². The van der Waals surface area contributed by atoms with Crippen LogP contribution >= 0.6 is 0 Å². The fourth-order valence-corrected chi connectivity index (χ4v) is 3.95. The van der Waals surface area contributed by atoms with Crippen LogP contribution in [-0.4, -0.2) is 58.0 Å². The van der Waals surface area contributed by atoms with Crippen molar-refractivity contribution < 1.29 is 52.7 Å². The number of hydrogen-bond donors (Lipinski definition) is 4. The van der Waals surface area contributed by atoms with Crippen LogP contribution in [-0.2, 0) is 14.4 Å². The first-order valence-electron chi connectivity index (χ1n) is 10.7. The molecule has 0 atom stereocenters. The Kier molecular flexibility index (Phi) is 6.84. The number of hydrogen-bond acceptors (Lipinski definition) is 8. The molecule has 2 aromatic carbocycles. The molecule has 1 heterocycles. The molecule has 2 aliphatic rings. The number of halogens is 2. The molecule has 0 unspecified atom stereocenters. The van der Waals surface area contributed by atoms with Gasteiger partial charge in [0.05, 0.1) is 5.69 Å². The van der Waals surface area contributed by atoms with Crippen LogP contribution in [0.5, 0.6) is 11.5 Å². The molecule has 0 bridgehead atoms. The smallest absolute Gasteiger partial charge is 0.341 e. The highest BCUT2D eigenvalue weighted by Crippen LogP contribution is 2.44. The number of carbonyl (C=O) groups is 3. The van der Waals surface area contributed by atoms with E-state index in [4.69, 9.17) is 14.3 Å². The normalized spacial score (nSPS) is 11.0. The Labute approximate surface area is 210 Å². The Morgan fingerprint density at radius 2 is 1.58 bits per heavy atom. The molecule has 1 aliphatic carbocycles. The Morgan fingerprint density at radius 1 is 0.895 bits per heavy atom. The number of fused-ring (bicyclic) bond motifs is 2. The van der Waals surface area contributed by atoms with Gasteiger partial charge in [0.1, 0.15) is 30.2 Å². The maximum Gasteiger partial charge on any atom is 0.341 e. The molecule has 0 radical (unpaired) electrons. The average Bonchev–Trinajstić information content (AvgIpc) is 2.82. The quantitative estimate of drug-likeness (QED) is 0.235. The first-order valence-corrected chi connectivity index (χ1v) is 10.7. The second-order valence-corrected chi connectivity index (χ2v) is 8.06.